The number of nitrogens with one attached hydrogen (secondary N) is 2. The average Bonchev–Trinajstić information content (AvgIpc) is 2.80. The number of hydrogen-bond acceptors (Lipinski definition) is 4. The molecule has 3 unspecified atom stereocenters. The van der Waals surface area contributed by atoms with Crippen molar-refractivity contribution in [2.24, 2.45) is 10.9 Å². The quantitative estimate of drug-likeness (QED) is 0.298. The first-order valence-corrected chi connectivity index (χ1v) is 11.8. The standard InChI is InChI=1S/C24H38FN5O2.HI/c1-18-6-4-5-7-21(18)28-24(27-17-23(31)29(2)3)26-16-22(30-12-14-32-15-13-30)19-8-10-20(25)11-9-19;/h8-11,18,21-22H,4-7,12-17H2,1-3H3,(H2,26,27,28);1H. The Morgan fingerprint density at radius 3 is 2.52 bits per heavy atom. The summed E-state index contributed by atoms with van der Waals surface area (Å²) < 4.78 is 19.1. The maximum atomic E-state index is 13.5. The monoisotopic (exact) mass is 575 g/mol. The maximum absolute atomic E-state index is 13.5. The van der Waals surface area contributed by atoms with E-state index in [9.17, 15) is 9.18 Å². The van der Waals surface area contributed by atoms with Gasteiger partial charge in [-0.3, -0.25) is 9.69 Å². The van der Waals surface area contributed by atoms with Crippen LogP contribution >= 0.6 is 24.0 Å². The van der Waals surface area contributed by atoms with Crippen molar-refractivity contribution in [3.8, 4) is 0 Å². The summed E-state index contributed by atoms with van der Waals surface area (Å²) in [7, 11) is 3.48. The molecule has 0 bridgehead atoms. The van der Waals surface area contributed by atoms with Gasteiger partial charge in [0.15, 0.2) is 5.96 Å². The summed E-state index contributed by atoms with van der Waals surface area (Å²) in [6, 6.07) is 7.11. The Labute approximate surface area is 214 Å². The molecule has 7 nitrogen and oxygen atoms in total. The lowest BCUT2D eigenvalue weighted by Crippen LogP contribution is -2.50. The predicted molar refractivity (Wildman–Crippen MR) is 141 cm³/mol. The second-order valence-corrected chi connectivity index (χ2v) is 9.06. The highest BCUT2D eigenvalue weighted by molar-refractivity contribution is 14.0. The number of carbonyl (C=O) groups excluding carboxylic acids is 1. The molecule has 0 spiro atoms. The summed E-state index contributed by atoms with van der Waals surface area (Å²) in [6.45, 7) is 6.00. The van der Waals surface area contributed by atoms with Crippen molar-refractivity contribution < 1.29 is 13.9 Å². The van der Waals surface area contributed by atoms with Gasteiger partial charge in [0.1, 0.15) is 12.4 Å². The van der Waals surface area contributed by atoms with E-state index in [0.29, 0.717) is 37.7 Å². The molecule has 2 aliphatic rings. The molecule has 0 aromatic heterocycles. The molecular weight excluding hydrogens is 536 g/mol. The van der Waals surface area contributed by atoms with Crippen LogP contribution in [0.15, 0.2) is 29.3 Å². The van der Waals surface area contributed by atoms with E-state index in [1.807, 2.05) is 12.1 Å². The number of likely N-dealkylation sites (N-methyl/N-ethyl adjacent to an activating group) is 1. The second-order valence-electron chi connectivity index (χ2n) is 9.06. The van der Waals surface area contributed by atoms with Crippen LogP contribution < -0.4 is 10.6 Å². The fourth-order valence-corrected chi connectivity index (χ4v) is 4.37. The van der Waals surface area contributed by atoms with Gasteiger partial charge in [-0.25, -0.2) is 9.38 Å². The Bertz CT molecular complexity index is 756. The van der Waals surface area contributed by atoms with Crippen LogP contribution in [-0.2, 0) is 9.53 Å². The largest absolute Gasteiger partial charge is 0.379 e. The van der Waals surface area contributed by atoms with E-state index >= 15 is 0 Å². The number of aliphatic imine (C=N–C) groups is 1. The first-order chi connectivity index (χ1) is 15.4. The Hall–Kier alpha value is -1.46. The molecular formula is C24H39FIN5O2. The Kier molecular flexibility index (Phi) is 11.8. The minimum atomic E-state index is -0.236. The van der Waals surface area contributed by atoms with Gasteiger partial charge in [-0.2, -0.15) is 0 Å². The first kappa shape index (κ1) is 27.8. The molecule has 2 fully saturated rings. The topological polar surface area (TPSA) is 69.2 Å². The van der Waals surface area contributed by atoms with Crippen molar-refractivity contribution in [1.29, 1.82) is 0 Å². The normalized spacial score (nSPS) is 22.7. The van der Waals surface area contributed by atoms with E-state index in [2.05, 4.69) is 27.4 Å². The van der Waals surface area contributed by atoms with Crippen molar-refractivity contribution in [3.63, 3.8) is 0 Å². The lowest BCUT2D eigenvalue weighted by atomic mass is 9.86. The van der Waals surface area contributed by atoms with Crippen LogP contribution in [0.1, 0.15) is 44.2 Å². The first-order valence-electron chi connectivity index (χ1n) is 11.8. The predicted octanol–water partition coefficient (Wildman–Crippen LogP) is 3.02. The van der Waals surface area contributed by atoms with Crippen molar-refractivity contribution in [2.45, 2.75) is 44.7 Å². The number of nitrogens with zero attached hydrogens (tertiary/aromatic N) is 3. The molecule has 3 rings (SSSR count). The van der Waals surface area contributed by atoms with E-state index in [4.69, 9.17) is 4.74 Å². The molecule has 1 heterocycles. The number of rotatable bonds is 7. The number of ether oxygens (including phenoxy) is 1. The Balaban J connectivity index is 0.00000385. The lowest BCUT2D eigenvalue weighted by molar-refractivity contribution is -0.127. The van der Waals surface area contributed by atoms with Gasteiger partial charge in [-0.1, -0.05) is 31.9 Å². The summed E-state index contributed by atoms with van der Waals surface area (Å²) >= 11 is 0. The number of amides is 1. The van der Waals surface area contributed by atoms with E-state index < -0.39 is 0 Å². The fourth-order valence-electron chi connectivity index (χ4n) is 4.37. The van der Waals surface area contributed by atoms with Crippen molar-refractivity contribution in [3.05, 3.63) is 35.6 Å². The highest BCUT2D eigenvalue weighted by Gasteiger charge is 2.25. The summed E-state index contributed by atoms with van der Waals surface area (Å²) in [5, 5.41) is 7.07. The number of benzene rings is 1. The number of halogens is 2. The summed E-state index contributed by atoms with van der Waals surface area (Å²) in [5.74, 6) is 0.956. The molecule has 2 N–H and O–H groups in total. The molecule has 33 heavy (non-hydrogen) atoms. The molecule has 1 aliphatic heterocycles. The average molecular weight is 576 g/mol. The van der Waals surface area contributed by atoms with Gasteiger partial charge in [0, 0.05) is 39.8 Å². The van der Waals surface area contributed by atoms with Crippen molar-refractivity contribution >= 4 is 35.8 Å². The highest BCUT2D eigenvalue weighted by Crippen LogP contribution is 2.24. The van der Waals surface area contributed by atoms with Gasteiger partial charge < -0.3 is 20.3 Å². The molecule has 0 radical (unpaired) electrons. The minimum Gasteiger partial charge on any atom is -0.379 e. The molecule has 186 valence electrons. The van der Waals surface area contributed by atoms with Gasteiger partial charge >= 0.3 is 0 Å². The molecule has 1 saturated carbocycles. The van der Waals surface area contributed by atoms with Crippen LogP contribution in [-0.4, -0.2) is 81.2 Å². The van der Waals surface area contributed by atoms with E-state index in [1.54, 1.807) is 19.0 Å². The lowest BCUT2D eigenvalue weighted by Gasteiger charge is -2.36. The Morgan fingerprint density at radius 1 is 1.21 bits per heavy atom. The van der Waals surface area contributed by atoms with Crippen LogP contribution in [0.4, 0.5) is 4.39 Å². The van der Waals surface area contributed by atoms with Crippen molar-refractivity contribution in [1.82, 2.24) is 20.4 Å². The van der Waals surface area contributed by atoms with Crippen molar-refractivity contribution in [2.75, 3.05) is 53.5 Å². The van der Waals surface area contributed by atoms with Gasteiger partial charge in [0.05, 0.1) is 19.3 Å². The zero-order chi connectivity index (χ0) is 22.9. The summed E-state index contributed by atoms with van der Waals surface area (Å²) in [4.78, 5) is 20.7. The van der Waals surface area contributed by atoms with Crippen LogP contribution in [0.5, 0.6) is 0 Å². The number of morpholine rings is 1. The van der Waals surface area contributed by atoms with E-state index in [1.165, 1.54) is 31.4 Å². The zero-order valence-corrected chi connectivity index (χ0v) is 22.4. The van der Waals surface area contributed by atoms with E-state index in [0.717, 1.165) is 25.1 Å². The molecule has 1 aromatic rings. The number of carbonyl (C=O) groups is 1. The third kappa shape index (κ3) is 8.68. The summed E-state index contributed by atoms with van der Waals surface area (Å²) in [5.41, 5.74) is 1.05. The fraction of sp³-hybridized carbons (Fsp3) is 0.667. The number of hydrogen-bond donors (Lipinski definition) is 2. The molecule has 1 aromatic carbocycles. The van der Waals surface area contributed by atoms with E-state index in [-0.39, 0.29) is 48.3 Å². The van der Waals surface area contributed by atoms with Crippen LogP contribution in [0, 0.1) is 11.7 Å². The summed E-state index contributed by atoms with van der Waals surface area (Å²) in [6.07, 6.45) is 4.78. The molecule has 1 aliphatic carbocycles. The highest BCUT2D eigenvalue weighted by atomic mass is 127. The third-order valence-corrected chi connectivity index (χ3v) is 6.51. The molecule has 1 saturated heterocycles. The van der Waals surface area contributed by atoms with Crippen LogP contribution in [0.25, 0.3) is 0 Å². The minimum absolute atomic E-state index is 0. The van der Waals surface area contributed by atoms with Gasteiger partial charge in [0.2, 0.25) is 5.91 Å². The Morgan fingerprint density at radius 2 is 1.88 bits per heavy atom. The smallest absolute Gasteiger partial charge is 0.243 e. The molecule has 1 amide bonds. The molecule has 9 heteroatoms. The van der Waals surface area contributed by atoms with Gasteiger partial charge in [0.25, 0.3) is 0 Å². The third-order valence-electron chi connectivity index (χ3n) is 6.51. The number of guanidine groups is 1. The second kappa shape index (κ2) is 14.1. The zero-order valence-electron chi connectivity index (χ0n) is 20.1. The molecule has 3 atom stereocenters. The van der Waals surface area contributed by atoms with Crippen LogP contribution in [0.3, 0.4) is 0 Å². The SMILES string of the molecule is CC1CCCCC1NC(=NCC(=O)N(C)C)NCC(c1ccc(F)cc1)N1CCOCC1.I. The maximum Gasteiger partial charge on any atom is 0.243 e. The van der Waals surface area contributed by atoms with Crippen LogP contribution in [0.2, 0.25) is 0 Å². The van der Waals surface area contributed by atoms with Gasteiger partial charge in [-0.05, 0) is 36.5 Å². The van der Waals surface area contributed by atoms with Gasteiger partial charge in [-0.15, -0.1) is 24.0 Å².